The molecule has 0 aliphatic rings. The van der Waals surface area contributed by atoms with Crippen molar-refractivity contribution in [2.75, 3.05) is 32.9 Å². The number of amides is 1. The Bertz CT molecular complexity index is 398. The fourth-order valence-electron chi connectivity index (χ4n) is 1.24. The van der Waals surface area contributed by atoms with Crippen LogP contribution in [-0.4, -0.2) is 38.0 Å². The predicted molar refractivity (Wildman–Crippen MR) is 71.8 cm³/mol. The van der Waals surface area contributed by atoms with Crippen molar-refractivity contribution in [3.63, 3.8) is 0 Å². The number of nitrogens with zero attached hydrogens (tertiary/aromatic N) is 1. The number of rotatable bonds is 4. The lowest BCUT2D eigenvalue weighted by Gasteiger charge is -2.11. The molecule has 0 bridgehead atoms. The fourth-order valence-corrected chi connectivity index (χ4v) is 1.57. The first-order valence-electron chi connectivity index (χ1n) is 5.09. The lowest BCUT2D eigenvalue weighted by atomic mass is 10.2. The van der Waals surface area contributed by atoms with Gasteiger partial charge in [0.15, 0.2) is 0 Å². The number of halogens is 2. The van der Waals surface area contributed by atoms with Gasteiger partial charge in [-0.05, 0) is 26.2 Å². The van der Waals surface area contributed by atoms with Gasteiger partial charge in [0.25, 0.3) is 5.91 Å². The second-order valence-electron chi connectivity index (χ2n) is 3.92. The second-order valence-corrected chi connectivity index (χ2v) is 4.71. The summed E-state index contributed by atoms with van der Waals surface area (Å²) in [7, 11) is 3.87. The van der Waals surface area contributed by atoms with Crippen LogP contribution in [0.3, 0.4) is 0 Å². The number of nitrogens with two attached hydrogens (primary N) is 1. The van der Waals surface area contributed by atoms with Crippen molar-refractivity contribution < 1.29 is 4.79 Å². The van der Waals surface area contributed by atoms with E-state index in [0.717, 1.165) is 6.54 Å². The molecule has 0 spiro atoms. The third-order valence-corrected chi connectivity index (χ3v) is 2.98. The maximum Gasteiger partial charge on any atom is 0.251 e. The minimum atomic E-state index is -0.211. The van der Waals surface area contributed by atoms with Gasteiger partial charge in [-0.25, -0.2) is 0 Å². The zero-order valence-corrected chi connectivity index (χ0v) is 11.3. The van der Waals surface area contributed by atoms with Gasteiger partial charge in [-0.15, -0.1) is 0 Å². The highest BCUT2D eigenvalue weighted by molar-refractivity contribution is 6.43. The Morgan fingerprint density at radius 2 is 2.06 bits per heavy atom. The molecule has 0 fully saturated rings. The van der Waals surface area contributed by atoms with Gasteiger partial charge < -0.3 is 16.0 Å². The van der Waals surface area contributed by atoms with Crippen LogP contribution in [0.4, 0.5) is 5.69 Å². The smallest absolute Gasteiger partial charge is 0.251 e. The van der Waals surface area contributed by atoms with Crippen molar-refractivity contribution >= 4 is 34.8 Å². The number of anilines is 1. The molecular weight excluding hydrogens is 261 g/mol. The summed E-state index contributed by atoms with van der Waals surface area (Å²) in [6, 6.07) is 3.02. The molecule has 0 aliphatic heterocycles. The maximum atomic E-state index is 11.8. The monoisotopic (exact) mass is 275 g/mol. The number of hydrogen-bond donors (Lipinski definition) is 2. The van der Waals surface area contributed by atoms with Gasteiger partial charge in [0.05, 0.1) is 15.7 Å². The van der Waals surface area contributed by atoms with Gasteiger partial charge in [0.1, 0.15) is 0 Å². The second kappa shape index (κ2) is 6.10. The highest BCUT2D eigenvalue weighted by Crippen LogP contribution is 2.29. The standard InChI is InChI=1S/C11H15Cl2N3O/c1-16(2)4-3-15-11(17)7-5-8(12)10(13)9(14)6-7/h5-6H,3-4,14H2,1-2H3,(H,15,17). The van der Waals surface area contributed by atoms with E-state index in [4.69, 9.17) is 28.9 Å². The number of nitrogens with one attached hydrogen (secondary N) is 1. The minimum absolute atomic E-state index is 0.211. The third kappa shape index (κ3) is 4.07. The fraction of sp³-hybridized carbons (Fsp3) is 0.364. The molecule has 1 aromatic rings. The predicted octanol–water partition coefficient (Wildman–Crippen LogP) is 1.87. The van der Waals surface area contributed by atoms with Gasteiger partial charge in [-0.1, -0.05) is 23.2 Å². The summed E-state index contributed by atoms with van der Waals surface area (Å²) in [6.45, 7) is 1.33. The van der Waals surface area contributed by atoms with Crippen LogP contribution in [0.2, 0.25) is 10.0 Å². The Morgan fingerprint density at radius 3 is 2.59 bits per heavy atom. The largest absolute Gasteiger partial charge is 0.397 e. The number of nitrogen functional groups attached to an aromatic ring is 1. The third-order valence-electron chi connectivity index (χ3n) is 2.16. The summed E-state index contributed by atoms with van der Waals surface area (Å²) in [6.07, 6.45) is 0. The highest BCUT2D eigenvalue weighted by atomic mass is 35.5. The molecule has 1 rings (SSSR count). The van der Waals surface area contributed by atoms with E-state index in [-0.39, 0.29) is 16.0 Å². The molecule has 0 atom stereocenters. The molecule has 6 heteroatoms. The number of carbonyl (C=O) groups excluding carboxylic acids is 1. The molecule has 0 unspecified atom stereocenters. The van der Waals surface area contributed by atoms with Crippen molar-refractivity contribution in [2.45, 2.75) is 0 Å². The maximum absolute atomic E-state index is 11.8. The van der Waals surface area contributed by atoms with E-state index in [9.17, 15) is 4.79 Å². The van der Waals surface area contributed by atoms with Crippen LogP contribution in [0.1, 0.15) is 10.4 Å². The van der Waals surface area contributed by atoms with Crippen LogP contribution < -0.4 is 11.1 Å². The first-order chi connectivity index (χ1) is 7.91. The molecular formula is C11H15Cl2N3O. The van der Waals surface area contributed by atoms with Crippen molar-refractivity contribution in [3.05, 3.63) is 27.7 Å². The van der Waals surface area contributed by atoms with E-state index < -0.39 is 0 Å². The van der Waals surface area contributed by atoms with Crippen LogP contribution in [0.5, 0.6) is 0 Å². The molecule has 0 saturated heterocycles. The summed E-state index contributed by atoms with van der Waals surface area (Å²) in [5, 5.41) is 3.32. The Kier molecular flexibility index (Phi) is 5.05. The van der Waals surface area contributed by atoms with E-state index in [1.165, 1.54) is 12.1 Å². The lowest BCUT2D eigenvalue weighted by Crippen LogP contribution is -2.31. The molecule has 1 amide bonds. The Labute approximate surface area is 111 Å². The molecule has 1 aromatic carbocycles. The van der Waals surface area contributed by atoms with Gasteiger partial charge in [0.2, 0.25) is 0 Å². The molecule has 4 nitrogen and oxygen atoms in total. The quantitative estimate of drug-likeness (QED) is 0.825. The lowest BCUT2D eigenvalue weighted by molar-refractivity contribution is 0.0951. The van der Waals surface area contributed by atoms with Crippen molar-refractivity contribution in [3.8, 4) is 0 Å². The van der Waals surface area contributed by atoms with E-state index in [1.54, 1.807) is 0 Å². The molecule has 0 aliphatic carbocycles. The van der Waals surface area contributed by atoms with Crippen LogP contribution in [0.25, 0.3) is 0 Å². The van der Waals surface area contributed by atoms with Crippen LogP contribution in [0.15, 0.2) is 12.1 Å². The summed E-state index contributed by atoms with van der Waals surface area (Å²) in [4.78, 5) is 13.7. The number of benzene rings is 1. The first-order valence-corrected chi connectivity index (χ1v) is 5.85. The average molecular weight is 276 g/mol. The molecule has 3 N–H and O–H groups in total. The van der Waals surface area contributed by atoms with Crippen LogP contribution in [0, 0.1) is 0 Å². The van der Waals surface area contributed by atoms with Crippen molar-refractivity contribution in [2.24, 2.45) is 0 Å². The van der Waals surface area contributed by atoms with Crippen LogP contribution >= 0.6 is 23.2 Å². The minimum Gasteiger partial charge on any atom is -0.397 e. The molecule has 94 valence electrons. The Balaban J connectivity index is 2.70. The van der Waals surface area contributed by atoms with E-state index in [1.807, 2.05) is 19.0 Å². The Morgan fingerprint density at radius 1 is 1.41 bits per heavy atom. The Hall–Kier alpha value is -0.970. The first kappa shape index (κ1) is 14.1. The van der Waals surface area contributed by atoms with Crippen molar-refractivity contribution in [1.82, 2.24) is 10.2 Å². The summed E-state index contributed by atoms with van der Waals surface area (Å²) < 4.78 is 0. The highest BCUT2D eigenvalue weighted by Gasteiger charge is 2.10. The molecule has 0 radical (unpaired) electrons. The molecule has 0 aromatic heterocycles. The molecule has 17 heavy (non-hydrogen) atoms. The topological polar surface area (TPSA) is 58.4 Å². The zero-order chi connectivity index (χ0) is 13.0. The molecule has 0 saturated carbocycles. The van der Waals surface area contributed by atoms with Gasteiger partial charge in [-0.2, -0.15) is 0 Å². The van der Waals surface area contributed by atoms with E-state index in [2.05, 4.69) is 5.32 Å². The zero-order valence-electron chi connectivity index (χ0n) is 9.76. The van der Waals surface area contributed by atoms with E-state index >= 15 is 0 Å². The number of hydrogen-bond acceptors (Lipinski definition) is 3. The molecule has 0 heterocycles. The summed E-state index contributed by atoms with van der Waals surface area (Å²) >= 11 is 11.7. The average Bonchev–Trinajstić information content (AvgIpc) is 2.24. The van der Waals surface area contributed by atoms with Gasteiger partial charge >= 0.3 is 0 Å². The van der Waals surface area contributed by atoms with Gasteiger partial charge in [0, 0.05) is 18.7 Å². The SMILES string of the molecule is CN(C)CCNC(=O)c1cc(N)c(Cl)c(Cl)c1. The normalized spacial score (nSPS) is 10.6. The number of carbonyl (C=O) groups is 1. The van der Waals surface area contributed by atoms with E-state index in [0.29, 0.717) is 17.8 Å². The summed E-state index contributed by atoms with van der Waals surface area (Å²) in [5.74, 6) is -0.211. The van der Waals surface area contributed by atoms with Crippen molar-refractivity contribution in [1.29, 1.82) is 0 Å². The summed E-state index contributed by atoms with van der Waals surface area (Å²) in [5.41, 5.74) is 6.35. The number of likely N-dealkylation sites (N-methyl/N-ethyl adjacent to an activating group) is 1. The van der Waals surface area contributed by atoms with Gasteiger partial charge in [-0.3, -0.25) is 4.79 Å². The van der Waals surface area contributed by atoms with Crippen LogP contribution in [-0.2, 0) is 0 Å².